The molecule has 2 aromatic carbocycles. The first-order valence-electron chi connectivity index (χ1n) is 11.1. The SMILES string of the molecule is CCC1CN2CCC1CC2[C@H](OCc1ccccc1)c1ccnc2ccccc12. The van der Waals surface area contributed by atoms with E-state index in [1.54, 1.807) is 0 Å². The molecule has 6 rings (SSSR count). The van der Waals surface area contributed by atoms with Gasteiger partial charge < -0.3 is 4.74 Å². The molecule has 3 aliphatic rings. The number of pyridine rings is 1. The van der Waals surface area contributed by atoms with Crippen molar-refractivity contribution in [2.45, 2.75) is 44.9 Å². The average Bonchev–Trinajstić information content (AvgIpc) is 2.80. The van der Waals surface area contributed by atoms with Crippen LogP contribution < -0.4 is 0 Å². The maximum Gasteiger partial charge on any atom is 0.0991 e. The van der Waals surface area contributed by atoms with E-state index >= 15 is 0 Å². The fourth-order valence-electron chi connectivity index (χ4n) is 5.49. The summed E-state index contributed by atoms with van der Waals surface area (Å²) in [5.41, 5.74) is 3.58. The molecule has 0 radical (unpaired) electrons. The molecule has 3 nitrogen and oxygen atoms in total. The number of hydrogen-bond donors (Lipinski definition) is 0. The molecule has 4 unspecified atom stereocenters. The van der Waals surface area contributed by atoms with E-state index in [4.69, 9.17) is 4.74 Å². The summed E-state index contributed by atoms with van der Waals surface area (Å²) < 4.78 is 6.71. The van der Waals surface area contributed by atoms with Gasteiger partial charge in [0, 0.05) is 24.2 Å². The molecule has 3 saturated heterocycles. The Morgan fingerprint density at radius 3 is 2.69 bits per heavy atom. The Kier molecular flexibility index (Phi) is 5.34. The molecule has 150 valence electrons. The Morgan fingerprint density at radius 1 is 1.07 bits per heavy atom. The van der Waals surface area contributed by atoms with E-state index in [0.29, 0.717) is 12.6 Å². The Labute approximate surface area is 173 Å². The van der Waals surface area contributed by atoms with E-state index in [0.717, 1.165) is 17.4 Å². The maximum absolute atomic E-state index is 6.71. The molecule has 3 aliphatic heterocycles. The highest BCUT2D eigenvalue weighted by Gasteiger charge is 2.43. The molecule has 0 saturated carbocycles. The Bertz CT molecular complexity index is 952. The fourth-order valence-corrected chi connectivity index (χ4v) is 5.49. The number of ether oxygens (including phenoxy) is 1. The zero-order valence-electron chi connectivity index (χ0n) is 17.2. The summed E-state index contributed by atoms with van der Waals surface area (Å²) in [6, 6.07) is 21.7. The molecular weight excluding hydrogens is 356 g/mol. The van der Waals surface area contributed by atoms with Crippen molar-refractivity contribution in [3.63, 3.8) is 0 Å². The number of fused-ring (bicyclic) bond motifs is 4. The molecular formula is C26H30N2O. The van der Waals surface area contributed by atoms with Crippen molar-refractivity contribution in [2.24, 2.45) is 11.8 Å². The minimum absolute atomic E-state index is 0.0729. The van der Waals surface area contributed by atoms with Crippen LogP contribution in [0.15, 0.2) is 66.9 Å². The Morgan fingerprint density at radius 2 is 1.90 bits per heavy atom. The Hall–Kier alpha value is -2.23. The van der Waals surface area contributed by atoms with Gasteiger partial charge in [-0.2, -0.15) is 0 Å². The van der Waals surface area contributed by atoms with Gasteiger partial charge in [0.05, 0.1) is 18.2 Å². The second-order valence-electron chi connectivity index (χ2n) is 8.65. The van der Waals surface area contributed by atoms with Gasteiger partial charge in [0.15, 0.2) is 0 Å². The normalized spacial score (nSPS) is 27.2. The van der Waals surface area contributed by atoms with Gasteiger partial charge in [-0.05, 0) is 54.5 Å². The van der Waals surface area contributed by atoms with Gasteiger partial charge in [0.2, 0.25) is 0 Å². The van der Waals surface area contributed by atoms with Gasteiger partial charge in [-0.25, -0.2) is 0 Å². The lowest BCUT2D eigenvalue weighted by molar-refractivity contribution is -0.0879. The molecule has 0 spiro atoms. The van der Waals surface area contributed by atoms with E-state index in [1.807, 2.05) is 6.20 Å². The predicted molar refractivity (Wildman–Crippen MR) is 118 cm³/mol. The van der Waals surface area contributed by atoms with Gasteiger partial charge in [-0.1, -0.05) is 61.9 Å². The van der Waals surface area contributed by atoms with Crippen LogP contribution in [0.2, 0.25) is 0 Å². The fraction of sp³-hybridized carbons (Fsp3) is 0.423. The molecule has 5 atom stereocenters. The third-order valence-electron chi connectivity index (χ3n) is 7.07. The Balaban J connectivity index is 1.49. The quantitative estimate of drug-likeness (QED) is 0.550. The first-order valence-corrected chi connectivity index (χ1v) is 11.1. The lowest BCUT2D eigenvalue weighted by Gasteiger charge is -2.52. The average molecular weight is 387 g/mol. The van der Waals surface area contributed by atoms with Gasteiger partial charge in [-0.15, -0.1) is 0 Å². The monoisotopic (exact) mass is 386 g/mol. The largest absolute Gasteiger partial charge is 0.367 e. The molecule has 2 bridgehead atoms. The van der Waals surface area contributed by atoms with Crippen LogP contribution in [0.25, 0.3) is 10.9 Å². The summed E-state index contributed by atoms with van der Waals surface area (Å²) in [6.07, 6.45) is 5.90. The van der Waals surface area contributed by atoms with Gasteiger partial charge >= 0.3 is 0 Å². The van der Waals surface area contributed by atoms with E-state index in [9.17, 15) is 0 Å². The topological polar surface area (TPSA) is 25.4 Å². The van der Waals surface area contributed by atoms with Crippen molar-refractivity contribution >= 4 is 10.9 Å². The molecule has 1 aromatic heterocycles. The van der Waals surface area contributed by atoms with Crippen molar-refractivity contribution in [3.8, 4) is 0 Å². The third-order valence-corrected chi connectivity index (χ3v) is 7.07. The van der Waals surface area contributed by atoms with Crippen LogP contribution >= 0.6 is 0 Å². The molecule has 3 aromatic rings. The number of para-hydroxylation sites is 1. The summed E-state index contributed by atoms with van der Waals surface area (Å²) in [5, 5.41) is 1.22. The molecule has 3 fully saturated rings. The summed E-state index contributed by atoms with van der Waals surface area (Å²) in [6.45, 7) is 5.43. The predicted octanol–water partition coefficient (Wildman–Crippen LogP) is 5.61. The summed E-state index contributed by atoms with van der Waals surface area (Å²) >= 11 is 0. The van der Waals surface area contributed by atoms with Crippen LogP contribution in [0.5, 0.6) is 0 Å². The summed E-state index contributed by atoms with van der Waals surface area (Å²) in [4.78, 5) is 7.30. The van der Waals surface area contributed by atoms with Crippen LogP contribution in [-0.2, 0) is 11.3 Å². The number of aromatic nitrogens is 1. The van der Waals surface area contributed by atoms with Gasteiger partial charge in [-0.3, -0.25) is 9.88 Å². The van der Waals surface area contributed by atoms with Crippen molar-refractivity contribution in [1.82, 2.24) is 9.88 Å². The van der Waals surface area contributed by atoms with Crippen molar-refractivity contribution in [3.05, 3.63) is 78.0 Å². The highest BCUT2D eigenvalue weighted by atomic mass is 16.5. The first kappa shape index (κ1) is 18.8. The summed E-state index contributed by atoms with van der Waals surface area (Å²) in [7, 11) is 0. The smallest absolute Gasteiger partial charge is 0.0991 e. The lowest BCUT2D eigenvalue weighted by atomic mass is 9.72. The second-order valence-corrected chi connectivity index (χ2v) is 8.65. The highest BCUT2D eigenvalue weighted by Crippen LogP contribution is 2.44. The van der Waals surface area contributed by atoms with Crippen LogP contribution in [0.3, 0.4) is 0 Å². The van der Waals surface area contributed by atoms with Gasteiger partial charge in [0.1, 0.15) is 0 Å². The second kappa shape index (κ2) is 8.25. The number of nitrogens with zero attached hydrogens (tertiary/aromatic N) is 2. The molecule has 3 heteroatoms. The number of piperidine rings is 3. The van der Waals surface area contributed by atoms with E-state index in [-0.39, 0.29) is 6.10 Å². The minimum atomic E-state index is 0.0729. The lowest BCUT2D eigenvalue weighted by Crippen LogP contribution is -2.55. The molecule has 0 N–H and O–H groups in total. The number of benzene rings is 2. The molecule has 4 heterocycles. The highest BCUT2D eigenvalue weighted by molar-refractivity contribution is 5.82. The van der Waals surface area contributed by atoms with Crippen molar-refractivity contribution in [1.29, 1.82) is 0 Å². The van der Waals surface area contributed by atoms with E-state index in [2.05, 4.69) is 77.5 Å². The maximum atomic E-state index is 6.71. The minimum Gasteiger partial charge on any atom is -0.367 e. The zero-order valence-corrected chi connectivity index (χ0v) is 17.2. The summed E-state index contributed by atoms with van der Waals surface area (Å²) in [5.74, 6) is 1.69. The van der Waals surface area contributed by atoms with Crippen LogP contribution in [0.4, 0.5) is 0 Å². The number of rotatable bonds is 6. The van der Waals surface area contributed by atoms with Crippen LogP contribution in [0.1, 0.15) is 43.4 Å². The molecule has 29 heavy (non-hydrogen) atoms. The van der Waals surface area contributed by atoms with Crippen molar-refractivity contribution in [2.75, 3.05) is 13.1 Å². The van der Waals surface area contributed by atoms with Crippen molar-refractivity contribution < 1.29 is 4.74 Å². The van der Waals surface area contributed by atoms with Gasteiger partial charge in [0.25, 0.3) is 0 Å². The first-order chi connectivity index (χ1) is 14.3. The third kappa shape index (κ3) is 3.70. The van der Waals surface area contributed by atoms with Crippen LogP contribution in [0, 0.1) is 11.8 Å². The van der Waals surface area contributed by atoms with E-state index in [1.165, 1.54) is 48.9 Å². The van der Waals surface area contributed by atoms with Crippen LogP contribution in [-0.4, -0.2) is 29.0 Å². The standard InChI is InChI=1S/C26H30N2O/c1-2-20-17-28-15-13-21(20)16-25(28)26(29-18-19-8-4-3-5-9-19)23-12-14-27-24-11-7-6-10-22(23)24/h3-12,14,20-21,25-26H,2,13,15-18H2,1H3/t20?,21?,25?,26-/m1/s1. The molecule has 0 aliphatic carbocycles. The zero-order chi connectivity index (χ0) is 19.6. The number of hydrogen-bond acceptors (Lipinski definition) is 3. The van der Waals surface area contributed by atoms with E-state index < -0.39 is 0 Å². The molecule has 0 amide bonds.